The zero-order valence-electron chi connectivity index (χ0n) is 16.9. The third-order valence-corrected chi connectivity index (χ3v) is 5.24. The van der Waals surface area contributed by atoms with Crippen molar-refractivity contribution in [1.29, 1.82) is 0 Å². The minimum Gasteiger partial charge on any atom is -0.292 e. The summed E-state index contributed by atoms with van der Waals surface area (Å²) in [5.41, 5.74) is 12.0. The predicted molar refractivity (Wildman–Crippen MR) is 123 cm³/mol. The van der Waals surface area contributed by atoms with E-state index in [1.807, 2.05) is 58.5 Å². The van der Waals surface area contributed by atoms with Gasteiger partial charge in [-0.25, -0.2) is 4.68 Å². The van der Waals surface area contributed by atoms with Gasteiger partial charge >= 0.3 is 0 Å². The maximum absolute atomic E-state index is 4.56. The van der Waals surface area contributed by atoms with Gasteiger partial charge in [0.15, 0.2) is 0 Å². The van der Waals surface area contributed by atoms with Crippen LogP contribution in [0.3, 0.4) is 0 Å². The summed E-state index contributed by atoms with van der Waals surface area (Å²) >= 11 is 0. The van der Waals surface area contributed by atoms with Crippen LogP contribution in [0.15, 0.2) is 85.2 Å². The van der Waals surface area contributed by atoms with Crippen LogP contribution in [0, 0.1) is 11.5 Å². The fraction of sp³-hybridized carbons (Fsp3) is 0.125. The van der Waals surface area contributed by atoms with Crippen molar-refractivity contribution >= 4 is 19.5 Å². The van der Waals surface area contributed by atoms with Gasteiger partial charge in [0.2, 0.25) is 0 Å². The Kier molecular flexibility index (Phi) is 5.11. The first-order chi connectivity index (χ1) is 14.0. The summed E-state index contributed by atoms with van der Waals surface area (Å²) in [5.74, 6) is 3.34. The third kappa shape index (κ3) is 4.50. The second-order valence-electron chi connectivity index (χ2n) is 7.92. The van der Waals surface area contributed by atoms with Crippen LogP contribution in [0.5, 0.6) is 0 Å². The number of anilines is 1. The van der Waals surface area contributed by atoms with Crippen LogP contribution in [0.25, 0.3) is 11.4 Å². The number of para-hydroxylation sites is 1. The van der Waals surface area contributed by atoms with Gasteiger partial charge < -0.3 is 0 Å². The number of hydrogen-bond donors (Lipinski definition) is 1. The number of hydrogen-bond acceptors (Lipinski definition) is 3. The summed E-state index contributed by atoms with van der Waals surface area (Å²) in [7, 11) is -1.42. The second kappa shape index (κ2) is 7.86. The van der Waals surface area contributed by atoms with Crippen molar-refractivity contribution < 1.29 is 0 Å². The molecule has 144 valence electrons. The molecule has 0 aliphatic carbocycles. The van der Waals surface area contributed by atoms with Crippen molar-refractivity contribution in [3.63, 3.8) is 0 Å². The van der Waals surface area contributed by atoms with Crippen molar-refractivity contribution in [2.24, 2.45) is 0 Å². The molecule has 1 aromatic heterocycles. The Morgan fingerprint density at radius 3 is 2.52 bits per heavy atom. The molecule has 0 spiro atoms. The minimum atomic E-state index is -1.42. The zero-order valence-corrected chi connectivity index (χ0v) is 17.9. The van der Waals surface area contributed by atoms with Gasteiger partial charge in [-0.3, -0.25) is 10.4 Å². The monoisotopic (exact) mass is 396 g/mol. The molecule has 0 bridgehead atoms. The number of hydrazine groups is 1. The Labute approximate surface area is 173 Å². The largest absolute Gasteiger partial charge is 0.292 e. The molecule has 5 heteroatoms. The summed E-state index contributed by atoms with van der Waals surface area (Å²) in [6.07, 6.45) is 7.92. The van der Waals surface area contributed by atoms with Gasteiger partial charge in [-0.2, -0.15) is 5.10 Å². The van der Waals surface area contributed by atoms with Crippen molar-refractivity contribution in [2.45, 2.75) is 19.6 Å². The van der Waals surface area contributed by atoms with E-state index in [0.717, 1.165) is 28.3 Å². The lowest BCUT2D eigenvalue weighted by Crippen LogP contribution is -2.34. The molecule has 0 radical (unpaired) electrons. The molecule has 4 rings (SSSR count). The molecule has 0 amide bonds. The number of allylic oxidation sites excluding steroid dienone is 2. The Morgan fingerprint density at radius 2 is 1.72 bits per heavy atom. The van der Waals surface area contributed by atoms with Crippen LogP contribution in [0.2, 0.25) is 19.6 Å². The molecule has 2 aromatic carbocycles. The Morgan fingerprint density at radius 1 is 0.931 bits per heavy atom. The molecular formula is C24H24N4Si. The topological polar surface area (TPSA) is 33.1 Å². The molecular weight excluding hydrogens is 372 g/mol. The zero-order chi connectivity index (χ0) is 20.3. The van der Waals surface area contributed by atoms with Gasteiger partial charge in [0.25, 0.3) is 0 Å². The molecule has 1 aliphatic heterocycles. The van der Waals surface area contributed by atoms with Crippen LogP contribution in [-0.4, -0.2) is 17.9 Å². The first kappa shape index (κ1) is 18.9. The molecule has 0 unspecified atom stereocenters. The highest BCUT2D eigenvalue weighted by molar-refractivity contribution is 6.83. The van der Waals surface area contributed by atoms with Crippen molar-refractivity contribution in [3.05, 3.63) is 96.5 Å². The Balaban J connectivity index is 1.63. The lowest BCUT2D eigenvalue weighted by Gasteiger charge is -2.27. The van der Waals surface area contributed by atoms with Gasteiger partial charge in [-0.05, 0) is 48.6 Å². The second-order valence-corrected chi connectivity index (χ2v) is 12.7. The van der Waals surface area contributed by atoms with Crippen molar-refractivity contribution in [3.8, 4) is 17.2 Å². The molecule has 1 aliphatic rings. The lowest BCUT2D eigenvalue weighted by atomic mass is 10.2. The molecule has 2 heterocycles. The summed E-state index contributed by atoms with van der Waals surface area (Å²) in [5, 5.41) is 6.57. The van der Waals surface area contributed by atoms with Gasteiger partial charge in [-0.15, -0.1) is 5.54 Å². The first-order valence-corrected chi connectivity index (χ1v) is 13.2. The maximum atomic E-state index is 4.56. The standard InChI is InChI=1S/C24H24N4Si/c1-29(2,3)18-15-20-9-7-12-22(19-20)28-24(14-16-25-28)23-13-8-17-27(26-23)21-10-5-4-6-11-21/h4-14,16-17,19,26H,1-3H3. The van der Waals surface area contributed by atoms with E-state index in [9.17, 15) is 0 Å². The summed E-state index contributed by atoms with van der Waals surface area (Å²) < 4.78 is 1.95. The predicted octanol–water partition coefficient (Wildman–Crippen LogP) is 4.98. The Bertz CT molecular complexity index is 1120. The van der Waals surface area contributed by atoms with Crippen molar-refractivity contribution in [2.75, 3.05) is 5.01 Å². The summed E-state index contributed by atoms with van der Waals surface area (Å²) in [6.45, 7) is 6.76. The van der Waals surface area contributed by atoms with E-state index in [-0.39, 0.29) is 0 Å². The van der Waals surface area contributed by atoms with E-state index in [1.54, 1.807) is 0 Å². The van der Waals surface area contributed by atoms with E-state index >= 15 is 0 Å². The van der Waals surface area contributed by atoms with Gasteiger partial charge in [0, 0.05) is 11.8 Å². The van der Waals surface area contributed by atoms with Gasteiger partial charge in [-0.1, -0.05) is 49.8 Å². The smallest absolute Gasteiger partial charge is 0.129 e. The number of nitrogens with one attached hydrogen (secondary N) is 1. The number of benzene rings is 2. The van der Waals surface area contributed by atoms with Gasteiger partial charge in [0.05, 0.1) is 29.0 Å². The van der Waals surface area contributed by atoms with E-state index in [1.165, 1.54) is 0 Å². The van der Waals surface area contributed by atoms with E-state index in [0.29, 0.717) is 0 Å². The number of nitrogens with zero attached hydrogens (tertiary/aromatic N) is 3. The highest BCUT2D eigenvalue weighted by atomic mass is 28.3. The van der Waals surface area contributed by atoms with Crippen LogP contribution in [-0.2, 0) is 0 Å². The average Bonchev–Trinajstić information content (AvgIpc) is 3.23. The molecule has 0 fully saturated rings. The third-order valence-electron chi connectivity index (χ3n) is 4.36. The Hall–Kier alpha value is -3.49. The molecule has 29 heavy (non-hydrogen) atoms. The van der Waals surface area contributed by atoms with Crippen molar-refractivity contribution in [1.82, 2.24) is 15.2 Å². The molecule has 0 saturated heterocycles. The quantitative estimate of drug-likeness (QED) is 0.501. The minimum absolute atomic E-state index is 0.979. The highest BCUT2D eigenvalue weighted by Crippen LogP contribution is 2.22. The molecule has 0 saturated carbocycles. The summed E-state index contributed by atoms with van der Waals surface area (Å²) in [4.78, 5) is 0. The molecule has 0 atom stereocenters. The first-order valence-electron chi connectivity index (χ1n) is 9.67. The van der Waals surface area contributed by atoms with Gasteiger partial charge in [0.1, 0.15) is 8.07 Å². The number of aromatic nitrogens is 2. The number of rotatable bonds is 3. The molecule has 1 N–H and O–H groups in total. The van der Waals surface area contributed by atoms with Crippen LogP contribution in [0.4, 0.5) is 5.69 Å². The van der Waals surface area contributed by atoms with Crippen LogP contribution < -0.4 is 10.4 Å². The molecule has 3 aromatic rings. The highest BCUT2D eigenvalue weighted by Gasteiger charge is 2.15. The van der Waals surface area contributed by atoms with E-state index in [2.05, 4.69) is 78.0 Å². The lowest BCUT2D eigenvalue weighted by molar-refractivity contribution is 0.827. The fourth-order valence-electron chi connectivity index (χ4n) is 3.00. The summed E-state index contributed by atoms with van der Waals surface area (Å²) in [6, 6.07) is 20.5. The molecule has 4 nitrogen and oxygen atoms in total. The SMILES string of the molecule is C[Si](C)(C)C#Cc1cccc(-n2nccc2C2=CC=CN(c3ccccc3)N2)c1. The van der Waals surface area contributed by atoms with E-state index in [4.69, 9.17) is 0 Å². The van der Waals surface area contributed by atoms with Crippen LogP contribution in [0.1, 0.15) is 11.3 Å². The maximum Gasteiger partial charge on any atom is 0.129 e. The fourth-order valence-corrected chi connectivity index (χ4v) is 3.52. The normalized spacial score (nSPS) is 13.3. The van der Waals surface area contributed by atoms with E-state index < -0.39 is 8.07 Å². The average molecular weight is 397 g/mol. The van der Waals surface area contributed by atoms with Crippen LogP contribution >= 0.6 is 0 Å².